The molecule has 0 aliphatic carbocycles. The van der Waals surface area contributed by atoms with Crippen LogP contribution in [0.15, 0.2) is 344 Å². The van der Waals surface area contributed by atoms with Crippen LogP contribution in [0.2, 0.25) is 0 Å². The first kappa shape index (κ1) is 106. The Kier molecular flexibility index (Phi) is 36.6. The van der Waals surface area contributed by atoms with E-state index in [0.29, 0.717) is 39.5 Å². The van der Waals surface area contributed by atoms with Crippen molar-refractivity contribution in [2.75, 3.05) is 0 Å². The van der Waals surface area contributed by atoms with E-state index in [-0.39, 0.29) is 77.0 Å². The van der Waals surface area contributed by atoms with Gasteiger partial charge in [-0.25, -0.2) is 9.31 Å². The zero-order chi connectivity index (χ0) is 105. The van der Waals surface area contributed by atoms with E-state index in [2.05, 4.69) is 72.3 Å². The molecule has 0 fully saturated rings. The molecule has 0 spiro atoms. The number of nitrogens with two attached hydrogens (primary N) is 5. The van der Waals surface area contributed by atoms with E-state index in [1.54, 1.807) is 170 Å². The van der Waals surface area contributed by atoms with Gasteiger partial charge in [-0.15, -0.1) is 0 Å². The summed E-state index contributed by atoms with van der Waals surface area (Å²) in [5, 5.41) is 37.1. The van der Waals surface area contributed by atoms with Gasteiger partial charge in [-0.1, -0.05) is 266 Å². The number of alkyl halides is 3. The van der Waals surface area contributed by atoms with Gasteiger partial charge in [-0.3, -0.25) is 96.2 Å². The number of para-hydroxylation sites is 1. The highest BCUT2D eigenvalue weighted by molar-refractivity contribution is 6.40. The number of Topliss-reactive ketones (excluding diaryl/α,β-unsaturated/α-hetero) is 5. The Morgan fingerprint density at radius 2 is 0.639 bits per heavy atom. The Morgan fingerprint density at radius 1 is 0.320 bits per heavy atom. The molecule has 0 saturated carbocycles. The number of carbonyl (C=O) groups is 15. The second-order valence-corrected chi connectivity index (χ2v) is 32.2. The standard InChI is InChI=1S/C26H22N4O3.C21H18F3N5O3.C20H17N3O4.C19H18N6O3.C19H16N4O4/c27-25(32)24(31)22(16-18-10-4-1-5-11-18)28-26(33)21-17-30(20-14-8-3-9-15-20)29-23(21)19-12-6-2-7-13-19;1-29-11-14(17(28-29)13-7-8-16(26-10-13)21(22,23)24)20(32)27-15(18(30)19(25)31)9-12-5-3-2-4-6-12;21-19(25)18(24)16(11-13-7-3-1-4-8-13)22-20(26)15-12-27-23-17(15)14-9-5-2-6-10-14;1-25-11-13(16(24-25)15-10-21-7-8-22-15)19(28)23-14(17(26)18(20)27)9-12-5-3-2-4-6-12;20-18(25)17(24)14(11-12-7-3-1-4-8-12)21-19(26)16-15(22-27-23-16)13-9-5-2-6-10-13/h1-15,17,22H,16H2,(H2,27,32)(H,28,33);2-8,10-11,15H,9H2,1H3,(H2,25,31)(H,27,32);1-10,12,16H,11H2,(H2,21,25)(H,22,26);2-8,10-11,14H,9H2,1H3,(H2,20,27)(H,23,28);1-10,14H,11H2,(H2,20,25)(H,21,26). The Morgan fingerprint density at radius 3 is 0.986 bits per heavy atom. The molecule has 0 aliphatic rings. The summed E-state index contributed by atoms with van der Waals surface area (Å²) >= 11 is 0. The maximum absolute atomic E-state index is 13.3. The molecule has 0 saturated heterocycles. The SMILES string of the molecule is Cn1cc(C(=O)NC(Cc2ccccc2)C(=O)C(N)=O)c(-c2ccc(C(F)(F)F)nc2)n1.Cn1cc(C(=O)NC(Cc2ccccc2)C(=O)C(N)=O)c(-c2cnccn2)n1.NC(=O)C(=O)C(Cc1ccccc1)NC(=O)c1cn(-c2ccccc2)nc1-c1ccccc1.NC(=O)C(=O)C(Cc1ccccc1)NC(=O)c1conc1-c1ccccc1.NC(=O)C(=O)C(Cc1ccccc1)NC(=O)c1nonc1-c1ccccc1. The first-order chi connectivity index (χ1) is 70.7. The van der Waals surface area contributed by atoms with Crippen LogP contribution in [0.25, 0.3) is 62.1 Å². The van der Waals surface area contributed by atoms with E-state index in [1.807, 2.05) is 121 Å². The van der Waals surface area contributed by atoms with Gasteiger partial charge in [0.2, 0.25) is 28.9 Å². The van der Waals surface area contributed by atoms with Crippen molar-refractivity contribution in [3.05, 3.63) is 396 Å². The van der Waals surface area contributed by atoms with Crippen LogP contribution in [-0.2, 0) is 100 Å². The molecule has 147 heavy (non-hydrogen) atoms. The van der Waals surface area contributed by atoms with Gasteiger partial charge in [0.15, 0.2) is 5.69 Å². The first-order valence-electron chi connectivity index (χ1n) is 44.5. The van der Waals surface area contributed by atoms with E-state index in [1.165, 1.54) is 53.7 Å². The number of hydrogen-bond acceptors (Lipinski definition) is 26. The number of benzene rings is 9. The number of aryl methyl sites for hydroxylation is 2. The van der Waals surface area contributed by atoms with Gasteiger partial charge in [-0.2, -0.15) is 28.5 Å². The van der Waals surface area contributed by atoms with Gasteiger partial charge in [0, 0.05) is 106 Å². The second kappa shape index (κ2) is 50.8. The fraction of sp³-hybridized carbons (Fsp3) is 0.124. The number of ketones is 5. The fourth-order valence-electron chi connectivity index (χ4n) is 14.5. The van der Waals surface area contributed by atoms with Crippen molar-refractivity contribution in [2.24, 2.45) is 42.8 Å². The monoisotopic (exact) mass is 1990 g/mol. The lowest BCUT2D eigenvalue weighted by atomic mass is 10.0. The highest BCUT2D eigenvalue weighted by atomic mass is 19.4. The number of halogens is 3. The van der Waals surface area contributed by atoms with E-state index in [4.69, 9.17) is 37.8 Å². The van der Waals surface area contributed by atoms with Crippen LogP contribution in [0.1, 0.15) is 85.4 Å². The average molecular weight is 1990 g/mol. The average Bonchev–Trinajstić information content (AvgIpc) is 1.66. The molecule has 744 valence electrons. The van der Waals surface area contributed by atoms with Crippen molar-refractivity contribution in [2.45, 2.75) is 68.5 Å². The summed E-state index contributed by atoms with van der Waals surface area (Å²) in [6.07, 6.45) is 7.03. The maximum Gasteiger partial charge on any atom is 0.433 e. The number of nitrogens with zero attached hydrogens (tertiary/aromatic N) is 12. The molecule has 0 radical (unpaired) electrons. The number of aromatic nitrogens is 12. The lowest BCUT2D eigenvalue weighted by molar-refractivity contribution is -0.141. The molecule has 15 N–H and O–H groups in total. The topological polar surface area (TPSA) is 603 Å². The maximum atomic E-state index is 13.3. The van der Waals surface area contributed by atoms with Crippen molar-refractivity contribution in [1.82, 2.24) is 86.3 Å². The molecule has 5 atom stereocenters. The number of rotatable bonds is 36. The predicted molar refractivity (Wildman–Crippen MR) is 524 cm³/mol. The highest BCUT2D eigenvalue weighted by Crippen LogP contribution is 2.32. The summed E-state index contributed by atoms with van der Waals surface area (Å²) in [7, 11) is 3.18. The molecule has 9 aromatic carbocycles. The van der Waals surface area contributed by atoms with Crippen LogP contribution in [0.5, 0.6) is 0 Å². The second-order valence-electron chi connectivity index (χ2n) is 32.2. The van der Waals surface area contributed by atoms with Crippen LogP contribution < -0.4 is 55.3 Å². The van der Waals surface area contributed by atoms with E-state index < -0.39 is 130 Å². The number of primary amides is 5. The minimum Gasteiger partial charge on any atom is -0.363 e. The summed E-state index contributed by atoms with van der Waals surface area (Å²) in [5.41, 5.74) is 33.9. The number of hydrogen-bond donors (Lipinski definition) is 10. The molecule has 0 bridgehead atoms. The van der Waals surface area contributed by atoms with E-state index in [9.17, 15) is 85.1 Å². The van der Waals surface area contributed by atoms with Gasteiger partial charge >= 0.3 is 6.18 Å². The summed E-state index contributed by atoms with van der Waals surface area (Å²) in [4.78, 5) is 195. The Balaban J connectivity index is 0.000000164. The lowest BCUT2D eigenvalue weighted by Gasteiger charge is -2.16. The third kappa shape index (κ3) is 29.6. The molecule has 7 heterocycles. The molecule has 0 aliphatic heterocycles. The Bertz CT molecular complexity index is 7180. The smallest absolute Gasteiger partial charge is 0.363 e. The predicted octanol–water partition coefficient (Wildman–Crippen LogP) is 7.97. The quantitative estimate of drug-likeness (QED) is 0.0166. The Hall–Kier alpha value is -20.0. The minimum absolute atomic E-state index is 0.00982. The van der Waals surface area contributed by atoms with Gasteiger partial charge in [-0.05, 0) is 62.4 Å². The molecule has 7 aromatic heterocycles. The van der Waals surface area contributed by atoms with Gasteiger partial charge in [0.1, 0.15) is 81.9 Å². The Labute approximate surface area is 833 Å². The van der Waals surface area contributed by atoms with Gasteiger partial charge in [0.05, 0.1) is 28.6 Å². The van der Waals surface area contributed by atoms with Crippen molar-refractivity contribution in [3.8, 4) is 62.1 Å². The molecule has 5 unspecified atom stereocenters. The first-order valence-corrected chi connectivity index (χ1v) is 44.5. The number of pyridine rings is 1. The number of nitrogens with one attached hydrogen (secondary N) is 5. The molecule has 16 rings (SSSR count). The van der Waals surface area contributed by atoms with Crippen LogP contribution in [-0.4, -0.2) is 178 Å². The lowest BCUT2D eigenvalue weighted by Crippen LogP contribution is -2.47. The van der Waals surface area contributed by atoms with Crippen LogP contribution in [0, 0.1) is 0 Å². The molecule has 10 amide bonds. The highest BCUT2D eigenvalue weighted by Gasteiger charge is 2.37. The normalized spacial score (nSPS) is 11.7. The molecular formula is C105H91F3N22O17. The molecule has 39 nitrogen and oxygen atoms in total. The van der Waals surface area contributed by atoms with Crippen molar-refractivity contribution in [1.29, 1.82) is 0 Å². The summed E-state index contributed by atoms with van der Waals surface area (Å²) in [6, 6.07) is 77.6. The van der Waals surface area contributed by atoms with Crippen molar-refractivity contribution in [3.63, 3.8) is 0 Å². The van der Waals surface area contributed by atoms with Crippen molar-refractivity contribution >= 4 is 88.0 Å². The van der Waals surface area contributed by atoms with E-state index >= 15 is 0 Å². The number of amides is 10. The molecule has 16 aromatic rings. The molecule has 42 heteroatoms. The largest absolute Gasteiger partial charge is 0.433 e. The summed E-state index contributed by atoms with van der Waals surface area (Å²) in [5.74, 6) is -13.2. The minimum atomic E-state index is -4.61. The van der Waals surface area contributed by atoms with Crippen molar-refractivity contribution < 1.29 is 94.2 Å². The van der Waals surface area contributed by atoms with Crippen LogP contribution in [0.4, 0.5) is 13.2 Å². The van der Waals surface area contributed by atoms with Gasteiger partial charge < -0.3 is 59.8 Å². The van der Waals surface area contributed by atoms with Crippen LogP contribution in [0.3, 0.4) is 0 Å². The van der Waals surface area contributed by atoms with E-state index in [0.717, 1.165) is 51.8 Å². The van der Waals surface area contributed by atoms with Gasteiger partial charge in [0.25, 0.3) is 59.1 Å². The third-order valence-electron chi connectivity index (χ3n) is 21.7. The third-order valence-corrected chi connectivity index (χ3v) is 21.7. The summed E-state index contributed by atoms with van der Waals surface area (Å²) < 4.78 is 52.3. The number of carbonyl (C=O) groups excluding carboxylic acids is 15. The summed E-state index contributed by atoms with van der Waals surface area (Å²) in [6.45, 7) is 0. The van der Waals surface area contributed by atoms with Crippen LogP contribution >= 0.6 is 0 Å². The molecular weight excluding hydrogens is 1900 g/mol. The zero-order valence-corrected chi connectivity index (χ0v) is 78.0. The zero-order valence-electron chi connectivity index (χ0n) is 78.0. The fourth-order valence-corrected chi connectivity index (χ4v) is 14.5.